The van der Waals surface area contributed by atoms with Crippen molar-refractivity contribution in [1.82, 2.24) is 15.1 Å². The summed E-state index contributed by atoms with van der Waals surface area (Å²) in [5.41, 5.74) is 0.723. The fourth-order valence-corrected chi connectivity index (χ4v) is 4.95. The van der Waals surface area contributed by atoms with E-state index in [9.17, 15) is 9.59 Å². The zero-order valence-corrected chi connectivity index (χ0v) is 16.9. The molecule has 0 radical (unpaired) electrons. The van der Waals surface area contributed by atoms with Gasteiger partial charge in [-0.1, -0.05) is 18.2 Å². The number of benzene rings is 1. The Morgan fingerprint density at radius 1 is 1.25 bits per heavy atom. The Bertz CT molecular complexity index is 740. The lowest BCUT2D eigenvalue weighted by Gasteiger charge is -2.42. The molecule has 1 aromatic carbocycles. The molecule has 1 saturated heterocycles. The number of hydrogen-bond acceptors (Lipinski definition) is 4. The maximum Gasteiger partial charge on any atom is 0.245 e. The van der Waals surface area contributed by atoms with Gasteiger partial charge in [-0.15, -0.1) is 0 Å². The topological polar surface area (TPSA) is 61.9 Å². The molecular weight excluding hydrogens is 354 g/mol. The molecule has 3 aliphatic rings. The molecule has 1 aromatic rings. The normalized spacial score (nSPS) is 30.0. The maximum atomic E-state index is 13.2. The van der Waals surface area contributed by atoms with Gasteiger partial charge in [0, 0.05) is 25.1 Å². The zero-order valence-electron chi connectivity index (χ0n) is 16.9. The minimum Gasteiger partial charge on any atom is -0.485 e. The zero-order chi connectivity index (χ0) is 19.7. The number of rotatable bonds is 3. The van der Waals surface area contributed by atoms with Crippen molar-refractivity contribution in [2.24, 2.45) is 5.92 Å². The molecule has 0 bridgehead atoms. The molecule has 2 fully saturated rings. The van der Waals surface area contributed by atoms with E-state index in [4.69, 9.17) is 4.74 Å². The predicted octanol–water partition coefficient (Wildman–Crippen LogP) is 2.18. The first-order chi connectivity index (χ1) is 13.4. The molecule has 2 heterocycles. The molecule has 1 saturated carbocycles. The average Bonchev–Trinajstić information content (AvgIpc) is 3.03. The van der Waals surface area contributed by atoms with Crippen LogP contribution in [0.3, 0.4) is 0 Å². The standard InChI is InChI=1S/C22H31N3O3/c1-24(2)13-16-9-11-22(12-10-16)15-25(21(27)18-7-8-20(26)23-18)14-17-5-3-4-6-19(17)28-22/h3-6,16,18H,7-15H2,1-2H3,(H,23,26)/t16?,18-,22?/m1/s1. The van der Waals surface area contributed by atoms with Crippen molar-refractivity contribution in [3.8, 4) is 5.75 Å². The summed E-state index contributed by atoms with van der Waals surface area (Å²) in [4.78, 5) is 29.0. The summed E-state index contributed by atoms with van der Waals surface area (Å²) >= 11 is 0. The first-order valence-corrected chi connectivity index (χ1v) is 10.4. The molecule has 1 spiro atoms. The van der Waals surface area contributed by atoms with Crippen LogP contribution in [-0.4, -0.2) is 60.4 Å². The summed E-state index contributed by atoms with van der Waals surface area (Å²) in [5.74, 6) is 1.59. The van der Waals surface area contributed by atoms with Gasteiger partial charge in [0.05, 0.1) is 6.54 Å². The second-order valence-corrected chi connectivity index (χ2v) is 8.95. The number of nitrogens with zero attached hydrogens (tertiary/aromatic N) is 2. The highest BCUT2D eigenvalue weighted by Crippen LogP contribution is 2.40. The first kappa shape index (κ1) is 19.2. The van der Waals surface area contributed by atoms with Crippen molar-refractivity contribution >= 4 is 11.8 Å². The molecule has 4 rings (SSSR count). The van der Waals surface area contributed by atoms with E-state index in [0.717, 1.165) is 43.5 Å². The van der Waals surface area contributed by atoms with Gasteiger partial charge in [-0.05, 0) is 58.2 Å². The Kier molecular flexibility index (Phi) is 5.32. The third-order valence-electron chi connectivity index (χ3n) is 6.38. The number of nitrogens with one attached hydrogen (secondary N) is 1. The van der Waals surface area contributed by atoms with Crippen molar-refractivity contribution in [3.63, 3.8) is 0 Å². The minimum absolute atomic E-state index is 0.0243. The number of carbonyl (C=O) groups excluding carboxylic acids is 2. The number of para-hydroxylation sites is 1. The molecule has 28 heavy (non-hydrogen) atoms. The largest absolute Gasteiger partial charge is 0.485 e. The van der Waals surface area contributed by atoms with Gasteiger partial charge >= 0.3 is 0 Å². The van der Waals surface area contributed by atoms with Crippen molar-refractivity contribution in [1.29, 1.82) is 0 Å². The van der Waals surface area contributed by atoms with Gasteiger partial charge in [0.25, 0.3) is 0 Å². The van der Waals surface area contributed by atoms with Crippen LogP contribution < -0.4 is 10.1 Å². The Hall–Kier alpha value is -2.08. The molecule has 0 unspecified atom stereocenters. The second kappa shape index (κ2) is 7.74. The van der Waals surface area contributed by atoms with Crippen molar-refractivity contribution in [2.75, 3.05) is 27.2 Å². The summed E-state index contributed by atoms with van der Waals surface area (Å²) in [6.45, 7) is 2.25. The monoisotopic (exact) mass is 385 g/mol. The number of hydrogen-bond donors (Lipinski definition) is 1. The van der Waals surface area contributed by atoms with E-state index >= 15 is 0 Å². The van der Waals surface area contributed by atoms with Crippen molar-refractivity contribution < 1.29 is 14.3 Å². The third-order valence-corrected chi connectivity index (χ3v) is 6.38. The minimum atomic E-state index is -0.389. The fraction of sp³-hybridized carbons (Fsp3) is 0.636. The Morgan fingerprint density at radius 2 is 2.00 bits per heavy atom. The van der Waals surface area contributed by atoms with Gasteiger partial charge in [-0.3, -0.25) is 9.59 Å². The highest BCUT2D eigenvalue weighted by molar-refractivity contribution is 5.90. The van der Waals surface area contributed by atoms with Crippen LogP contribution in [0.15, 0.2) is 24.3 Å². The van der Waals surface area contributed by atoms with Crippen LogP contribution in [0, 0.1) is 5.92 Å². The van der Waals surface area contributed by atoms with E-state index < -0.39 is 0 Å². The van der Waals surface area contributed by atoms with Gasteiger partial charge in [0.2, 0.25) is 11.8 Å². The van der Waals surface area contributed by atoms with Crippen LogP contribution in [0.25, 0.3) is 0 Å². The Labute approximate surface area is 167 Å². The van der Waals surface area contributed by atoms with Crippen LogP contribution in [-0.2, 0) is 16.1 Å². The lowest BCUT2D eigenvalue weighted by Crippen LogP contribution is -2.53. The van der Waals surface area contributed by atoms with Crippen LogP contribution in [0.1, 0.15) is 44.1 Å². The van der Waals surface area contributed by atoms with Gasteiger partial charge in [0.1, 0.15) is 17.4 Å². The summed E-state index contributed by atoms with van der Waals surface area (Å²) in [7, 11) is 4.25. The van der Waals surface area contributed by atoms with E-state index in [2.05, 4.69) is 24.3 Å². The Morgan fingerprint density at radius 3 is 2.68 bits per heavy atom. The maximum absolute atomic E-state index is 13.2. The SMILES string of the molecule is CN(C)CC1CCC2(CC1)CN(C(=O)[C@H]1CCC(=O)N1)Cc1ccccc1O2. The second-order valence-electron chi connectivity index (χ2n) is 8.95. The lowest BCUT2D eigenvalue weighted by atomic mass is 9.78. The van der Waals surface area contributed by atoms with Crippen LogP contribution in [0.5, 0.6) is 5.75 Å². The molecule has 1 atom stereocenters. The lowest BCUT2D eigenvalue weighted by molar-refractivity contribution is -0.138. The summed E-state index contributed by atoms with van der Waals surface area (Å²) in [6.07, 6.45) is 5.18. The van der Waals surface area contributed by atoms with Crippen LogP contribution >= 0.6 is 0 Å². The Balaban J connectivity index is 1.56. The predicted molar refractivity (Wildman–Crippen MR) is 107 cm³/mol. The van der Waals surface area contributed by atoms with E-state index in [1.165, 1.54) is 0 Å². The summed E-state index contributed by atoms with van der Waals surface area (Å²) < 4.78 is 6.61. The number of carbonyl (C=O) groups is 2. The quantitative estimate of drug-likeness (QED) is 0.866. The number of amides is 2. The summed E-state index contributed by atoms with van der Waals surface area (Å²) in [6, 6.07) is 7.67. The highest BCUT2D eigenvalue weighted by Gasteiger charge is 2.43. The fourth-order valence-electron chi connectivity index (χ4n) is 4.95. The van der Waals surface area contributed by atoms with Crippen LogP contribution in [0.4, 0.5) is 0 Å². The number of ether oxygens (including phenoxy) is 1. The molecule has 152 valence electrons. The molecule has 6 nitrogen and oxygen atoms in total. The molecule has 6 heteroatoms. The molecule has 1 N–H and O–H groups in total. The van der Waals surface area contributed by atoms with E-state index in [0.29, 0.717) is 31.8 Å². The van der Waals surface area contributed by atoms with Crippen LogP contribution in [0.2, 0.25) is 0 Å². The smallest absolute Gasteiger partial charge is 0.245 e. The van der Waals surface area contributed by atoms with Gasteiger partial charge in [-0.25, -0.2) is 0 Å². The molecule has 1 aliphatic carbocycles. The van der Waals surface area contributed by atoms with E-state index in [1.807, 2.05) is 29.2 Å². The van der Waals surface area contributed by atoms with Gasteiger partial charge in [-0.2, -0.15) is 0 Å². The van der Waals surface area contributed by atoms with Crippen molar-refractivity contribution in [2.45, 2.75) is 56.7 Å². The molecule has 0 aromatic heterocycles. The van der Waals surface area contributed by atoms with Crippen molar-refractivity contribution in [3.05, 3.63) is 29.8 Å². The van der Waals surface area contributed by atoms with Gasteiger partial charge < -0.3 is 19.9 Å². The molecular formula is C22H31N3O3. The van der Waals surface area contributed by atoms with Gasteiger partial charge in [0.15, 0.2) is 0 Å². The highest BCUT2D eigenvalue weighted by atomic mass is 16.5. The summed E-state index contributed by atoms with van der Waals surface area (Å²) in [5, 5.41) is 2.84. The number of fused-ring (bicyclic) bond motifs is 1. The van der Waals surface area contributed by atoms with E-state index in [-0.39, 0.29) is 23.5 Å². The molecule has 2 aliphatic heterocycles. The third kappa shape index (κ3) is 4.02. The molecule has 2 amide bonds. The average molecular weight is 386 g/mol. The van der Waals surface area contributed by atoms with E-state index in [1.54, 1.807) is 0 Å². The first-order valence-electron chi connectivity index (χ1n) is 10.4.